The molecule has 0 radical (unpaired) electrons. The summed E-state index contributed by atoms with van der Waals surface area (Å²) >= 11 is 0. The third-order valence-electron chi connectivity index (χ3n) is 10.5. The molecule has 0 N–H and O–H groups in total. The lowest BCUT2D eigenvalue weighted by molar-refractivity contribution is 1.08. The number of benzene rings is 5. The Balaban J connectivity index is 1.18. The van der Waals surface area contributed by atoms with Crippen LogP contribution in [0.15, 0.2) is 133 Å². The van der Waals surface area contributed by atoms with Gasteiger partial charge in [-0.25, -0.2) is 19.9 Å². The molecule has 5 aromatic carbocycles. The quantitative estimate of drug-likeness (QED) is 0.161. The van der Waals surface area contributed by atoms with E-state index < -0.39 is 0 Å². The zero-order valence-corrected chi connectivity index (χ0v) is 31.4. The van der Waals surface area contributed by atoms with E-state index in [-0.39, 0.29) is 0 Å². The van der Waals surface area contributed by atoms with Gasteiger partial charge < -0.3 is 9.80 Å². The summed E-state index contributed by atoms with van der Waals surface area (Å²) < 4.78 is 0. The zero-order chi connectivity index (χ0) is 37.1. The van der Waals surface area contributed by atoms with Gasteiger partial charge in [0.1, 0.15) is 11.6 Å². The predicted octanol–water partition coefficient (Wildman–Crippen LogP) is 11.3. The number of pyridine rings is 4. The van der Waals surface area contributed by atoms with Crippen molar-refractivity contribution in [2.24, 2.45) is 0 Å². The van der Waals surface area contributed by atoms with Gasteiger partial charge in [-0.2, -0.15) is 0 Å². The number of nitrogens with zero attached hydrogens (tertiary/aromatic N) is 6. The fourth-order valence-corrected chi connectivity index (χ4v) is 7.56. The maximum Gasteiger partial charge on any atom is 0.129 e. The van der Waals surface area contributed by atoms with Crippen molar-refractivity contribution in [3.05, 3.63) is 145 Å². The van der Waals surface area contributed by atoms with Crippen LogP contribution in [0.5, 0.6) is 0 Å². The number of aryl methyl sites for hydroxylation is 2. The lowest BCUT2D eigenvalue weighted by Gasteiger charge is -2.17. The van der Waals surface area contributed by atoms with Crippen molar-refractivity contribution in [2.45, 2.75) is 13.8 Å². The fraction of sp³-hybridized carbons (Fsp3) is 0.125. The normalized spacial score (nSPS) is 11.5. The van der Waals surface area contributed by atoms with E-state index in [0.29, 0.717) is 0 Å². The summed E-state index contributed by atoms with van der Waals surface area (Å²) in [4.78, 5) is 25.1. The highest BCUT2D eigenvalue weighted by Gasteiger charge is 2.18. The largest absolute Gasteiger partial charge is 0.363 e. The molecule has 0 aliphatic heterocycles. The molecule has 0 saturated heterocycles. The Morgan fingerprint density at radius 3 is 1.15 bits per heavy atom. The van der Waals surface area contributed by atoms with E-state index in [2.05, 4.69) is 157 Å². The molecule has 0 aliphatic rings. The van der Waals surface area contributed by atoms with Crippen LogP contribution in [0.25, 0.3) is 88.4 Å². The molecule has 9 rings (SSSR count). The number of fused-ring (bicyclic) bond motifs is 6. The number of hydrogen-bond acceptors (Lipinski definition) is 6. The summed E-state index contributed by atoms with van der Waals surface area (Å²) in [6.07, 6.45) is 0. The smallest absolute Gasteiger partial charge is 0.129 e. The van der Waals surface area contributed by atoms with Crippen molar-refractivity contribution >= 4 is 55.2 Å². The summed E-state index contributed by atoms with van der Waals surface area (Å²) in [5, 5.41) is 4.30. The van der Waals surface area contributed by atoms with Crippen LogP contribution in [0.3, 0.4) is 0 Å². The van der Waals surface area contributed by atoms with Crippen LogP contribution in [0.1, 0.15) is 11.1 Å². The van der Waals surface area contributed by atoms with Gasteiger partial charge in [0.25, 0.3) is 0 Å². The molecular weight excluding hydrogens is 661 g/mol. The minimum atomic E-state index is 0.898. The van der Waals surface area contributed by atoms with Crippen LogP contribution in [-0.2, 0) is 0 Å². The first-order chi connectivity index (χ1) is 26.2. The van der Waals surface area contributed by atoms with Crippen molar-refractivity contribution in [3.63, 3.8) is 0 Å². The van der Waals surface area contributed by atoms with Crippen molar-refractivity contribution in [2.75, 3.05) is 38.0 Å². The summed E-state index contributed by atoms with van der Waals surface area (Å²) in [7, 11) is 8.14. The van der Waals surface area contributed by atoms with Gasteiger partial charge in [-0.15, -0.1) is 0 Å². The first-order valence-corrected chi connectivity index (χ1v) is 18.3. The average Bonchev–Trinajstić information content (AvgIpc) is 3.20. The highest BCUT2D eigenvalue weighted by Crippen LogP contribution is 2.38. The molecule has 0 saturated carbocycles. The monoisotopic (exact) mass is 700 g/mol. The first-order valence-electron chi connectivity index (χ1n) is 18.3. The van der Waals surface area contributed by atoms with Gasteiger partial charge in [0.05, 0.1) is 33.5 Å². The minimum absolute atomic E-state index is 0.898. The highest BCUT2D eigenvalue weighted by atomic mass is 15.1. The molecular formula is C48H40N6. The van der Waals surface area contributed by atoms with E-state index in [1.54, 1.807) is 0 Å². The van der Waals surface area contributed by atoms with Crippen LogP contribution in [0.4, 0.5) is 11.6 Å². The first kappa shape index (κ1) is 33.2. The molecule has 0 fully saturated rings. The molecule has 6 nitrogen and oxygen atoms in total. The highest BCUT2D eigenvalue weighted by molar-refractivity contribution is 6.11. The van der Waals surface area contributed by atoms with Gasteiger partial charge >= 0.3 is 0 Å². The lowest BCUT2D eigenvalue weighted by Crippen LogP contribution is -2.11. The molecule has 9 aromatic rings. The Hall–Kier alpha value is -6.66. The molecule has 262 valence electrons. The Kier molecular flexibility index (Phi) is 8.04. The van der Waals surface area contributed by atoms with Crippen molar-refractivity contribution < 1.29 is 0 Å². The molecule has 0 spiro atoms. The van der Waals surface area contributed by atoms with Gasteiger partial charge in [-0.1, -0.05) is 97.1 Å². The number of aromatic nitrogens is 4. The Bertz CT molecular complexity index is 2700. The SMILES string of the molecule is Cc1cc(-c2ccc3ccc4c(-c5ccccc5)cc(N(C)C)nc4c3n2)c(C)cc1-c1ccc2ccc3c(-c4ccccc4)cc(N(C)C)nc3c2n1. The summed E-state index contributed by atoms with van der Waals surface area (Å²) in [5.74, 6) is 1.80. The lowest BCUT2D eigenvalue weighted by atomic mass is 9.94. The standard InChI is InChI=1S/C48H40N6/c1-29-25-38(42-24-20-34-18-22-36-40(32-15-11-8-12-16-32)28-44(54(5)6)52-48(36)46(34)50-42)30(2)26-37(29)41-23-19-33-17-21-35-39(31-13-9-7-10-14-31)27-43(53(3)4)51-47(35)45(33)49-41/h7-28H,1-6H3. The van der Waals surface area contributed by atoms with Gasteiger partial charge in [0, 0.05) is 60.9 Å². The molecule has 0 bridgehead atoms. The van der Waals surface area contributed by atoms with Gasteiger partial charge in [-0.3, -0.25) is 0 Å². The maximum atomic E-state index is 5.34. The average molecular weight is 701 g/mol. The van der Waals surface area contributed by atoms with Gasteiger partial charge in [0.15, 0.2) is 0 Å². The number of rotatable bonds is 6. The molecule has 0 unspecified atom stereocenters. The van der Waals surface area contributed by atoms with Crippen molar-refractivity contribution in [1.82, 2.24) is 19.9 Å². The number of hydrogen-bond donors (Lipinski definition) is 0. The summed E-state index contributed by atoms with van der Waals surface area (Å²) in [6.45, 7) is 4.33. The Morgan fingerprint density at radius 1 is 0.370 bits per heavy atom. The molecule has 4 heterocycles. The van der Waals surface area contributed by atoms with E-state index in [0.717, 1.165) is 111 Å². The minimum Gasteiger partial charge on any atom is -0.363 e. The van der Waals surface area contributed by atoms with Crippen molar-refractivity contribution in [3.8, 4) is 44.8 Å². The van der Waals surface area contributed by atoms with E-state index in [4.69, 9.17) is 19.9 Å². The van der Waals surface area contributed by atoms with Crippen LogP contribution < -0.4 is 9.80 Å². The molecule has 0 atom stereocenters. The zero-order valence-electron chi connectivity index (χ0n) is 31.4. The van der Waals surface area contributed by atoms with Gasteiger partial charge in [-0.05, 0) is 83.6 Å². The third kappa shape index (κ3) is 5.67. The Labute approximate surface area is 315 Å². The third-order valence-corrected chi connectivity index (χ3v) is 10.5. The van der Waals surface area contributed by atoms with Crippen LogP contribution in [0.2, 0.25) is 0 Å². The van der Waals surface area contributed by atoms with E-state index in [1.165, 1.54) is 0 Å². The van der Waals surface area contributed by atoms with Gasteiger partial charge in [0.2, 0.25) is 0 Å². The molecule has 54 heavy (non-hydrogen) atoms. The molecule has 0 amide bonds. The Morgan fingerprint density at radius 2 is 0.759 bits per heavy atom. The maximum absolute atomic E-state index is 5.34. The fourth-order valence-electron chi connectivity index (χ4n) is 7.56. The second-order valence-electron chi connectivity index (χ2n) is 14.5. The van der Waals surface area contributed by atoms with E-state index in [1.807, 2.05) is 28.2 Å². The van der Waals surface area contributed by atoms with Crippen LogP contribution >= 0.6 is 0 Å². The second kappa shape index (κ2) is 13.1. The second-order valence-corrected chi connectivity index (χ2v) is 14.5. The summed E-state index contributed by atoms with van der Waals surface area (Å²) in [5.41, 5.74) is 14.5. The van der Waals surface area contributed by atoms with Crippen molar-refractivity contribution in [1.29, 1.82) is 0 Å². The van der Waals surface area contributed by atoms with E-state index in [9.17, 15) is 0 Å². The van der Waals surface area contributed by atoms with E-state index >= 15 is 0 Å². The molecule has 0 aliphatic carbocycles. The number of anilines is 2. The molecule has 4 aromatic heterocycles. The summed E-state index contributed by atoms with van der Waals surface area (Å²) in [6, 6.07) is 47.2. The topological polar surface area (TPSA) is 58.0 Å². The predicted molar refractivity (Wildman–Crippen MR) is 228 cm³/mol. The molecule has 6 heteroatoms. The van der Waals surface area contributed by atoms with Crippen LogP contribution in [0, 0.1) is 13.8 Å². The van der Waals surface area contributed by atoms with Crippen LogP contribution in [-0.4, -0.2) is 48.1 Å².